The number of hydrogen-bond donors (Lipinski definition) is 1. The topological polar surface area (TPSA) is 55.8 Å². The summed E-state index contributed by atoms with van der Waals surface area (Å²) < 4.78 is 13.3. The summed E-state index contributed by atoms with van der Waals surface area (Å²) in [4.78, 5) is 12.3. The lowest BCUT2D eigenvalue weighted by molar-refractivity contribution is -0.150. The summed E-state index contributed by atoms with van der Waals surface area (Å²) >= 11 is 0. The van der Waals surface area contributed by atoms with Crippen molar-refractivity contribution >= 4 is 24.7 Å². The lowest BCUT2D eigenvalue weighted by Crippen LogP contribution is -2.67. The normalized spacial score (nSPS) is 24.1. The molecule has 4 nitrogen and oxygen atoms in total. The van der Waals surface area contributed by atoms with Gasteiger partial charge in [-0.25, -0.2) is 0 Å². The number of hydrogen-bond acceptors (Lipinski definition) is 4. The minimum atomic E-state index is -2.72. The second-order valence-electron chi connectivity index (χ2n) is 12.9. The minimum absolute atomic E-state index is 0.106. The van der Waals surface area contributed by atoms with E-state index in [4.69, 9.17) is 9.16 Å². The van der Waals surface area contributed by atoms with Crippen LogP contribution in [0.4, 0.5) is 0 Å². The van der Waals surface area contributed by atoms with Gasteiger partial charge in [0.1, 0.15) is 6.10 Å². The van der Waals surface area contributed by atoms with Crippen LogP contribution in [-0.4, -0.2) is 37.7 Å². The van der Waals surface area contributed by atoms with Crippen LogP contribution in [0.5, 0.6) is 0 Å². The molecule has 222 valence electrons. The molecule has 0 aromatic heterocycles. The van der Waals surface area contributed by atoms with Gasteiger partial charge in [0.2, 0.25) is 0 Å². The third-order valence-electron chi connectivity index (χ3n) is 8.74. The fourth-order valence-electron chi connectivity index (χ4n) is 6.40. The molecule has 0 radical (unpaired) electrons. The van der Waals surface area contributed by atoms with Gasteiger partial charge in [-0.3, -0.25) is 4.79 Å². The number of benzene rings is 2. The largest absolute Gasteiger partial charge is 0.462 e. The third kappa shape index (κ3) is 8.09. The highest BCUT2D eigenvalue weighted by Gasteiger charge is 2.51. The van der Waals surface area contributed by atoms with Crippen LogP contribution in [0.15, 0.2) is 85.0 Å². The van der Waals surface area contributed by atoms with Crippen LogP contribution >= 0.6 is 0 Å². The Balaban J connectivity index is 1.58. The monoisotopic (exact) mass is 574 g/mol. The molecule has 1 saturated carbocycles. The lowest BCUT2D eigenvalue weighted by atomic mass is 10.1. The number of ether oxygens (including phenoxy) is 1. The number of esters is 1. The molecule has 0 spiro atoms. The van der Waals surface area contributed by atoms with Crippen molar-refractivity contribution in [2.45, 2.75) is 109 Å². The van der Waals surface area contributed by atoms with Gasteiger partial charge < -0.3 is 14.3 Å². The van der Waals surface area contributed by atoms with Crippen molar-refractivity contribution in [1.29, 1.82) is 0 Å². The van der Waals surface area contributed by atoms with Crippen molar-refractivity contribution in [2.24, 2.45) is 11.8 Å². The Hall–Kier alpha value is -2.47. The molecular weight excluding hydrogens is 524 g/mol. The number of carbonyl (C=O) groups excluding carboxylic acids is 1. The molecule has 1 heterocycles. The van der Waals surface area contributed by atoms with Crippen molar-refractivity contribution in [3.8, 4) is 0 Å². The predicted octanol–water partition coefficient (Wildman–Crippen LogP) is 7.11. The van der Waals surface area contributed by atoms with Crippen molar-refractivity contribution in [3.05, 3.63) is 85.0 Å². The molecular formula is C36H50O4Si. The fraction of sp³-hybridized carbons (Fsp3) is 0.528. The summed E-state index contributed by atoms with van der Waals surface area (Å²) in [5, 5.41) is 13.7. The van der Waals surface area contributed by atoms with E-state index in [1.807, 2.05) is 6.08 Å². The number of rotatable bonds is 12. The molecule has 1 aliphatic carbocycles. The minimum Gasteiger partial charge on any atom is -0.462 e. The van der Waals surface area contributed by atoms with Crippen molar-refractivity contribution in [3.63, 3.8) is 0 Å². The highest BCUT2D eigenvalue weighted by molar-refractivity contribution is 6.99. The van der Waals surface area contributed by atoms with E-state index >= 15 is 0 Å². The Labute approximate surface area is 249 Å². The Bertz CT molecular complexity index is 1100. The van der Waals surface area contributed by atoms with Crippen LogP contribution in [0.25, 0.3) is 0 Å². The maximum Gasteiger partial charge on any atom is 0.306 e. The van der Waals surface area contributed by atoms with Crippen molar-refractivity contribution < 1.29 is 19.1 Å². The molecule has 1 N–H and O–H groups in total. The van der Waals surface area contributed by atoms with E-state index in [0.717, 1.165) is 51.4 Å². The smallest absolute Gasteiger partial charge is 0.306 e. The van der Waals surface area contributed by atoms with E-state index in [1.54, 1.807) is 0 Å². The average Bonchev–Trinajstić information content (AvgIpc) is 3.75. The Morgan fingerprint density at radius 2 is 1.66 bits per heavy atom. The molecule has 1 fully saturated rings. The summed E-state index contributed by atoms with van der Waals surface area (Å²) in [6.45, 7) is 9.15. The van der Waals surface area contributed by atoms with Gasteiger partial charge in [0.25, 0.3) is 8.32 Å². The van der Waals surface area contributed by atoms with Gasteiger partial charge in [0.05, 0.1) is 12.2 Å². The second-order valence-corrected chi connectivity index (χ2v) is 17.1. The third-order valence-corrected chi connectivity index (χ3v) is 13.8. The molecule has 5 heteroatoms. The van der Waals surface area contributed by atoms with E-state index in [-0.39, 0.29) is 35.1 Å². The predicted molar refractivity (Wildman–Crippen MR) is 171 cm³/mol. The molecule has 1 aliphatic heterocycles. The molecule has 0 bridgehead atoms. The van der Waals surface area contributed by atoms with Gasteiger partial charge in [0.15, 0.2) is 0 Å². The first-order valence-electron chi connectivity index (χ1n) is 15.8. The summed E-state index contributed by atoms with van der Waals surface area (Å²) in [6.07, 6.45) is 15.7. The van der Waals surface area contributed by atoms with Crippen molar-refractivity contribution in [2.75, 3.05) is 0 Å². The molecule has 0 amide bonds. The summed E-state index contributed by atoms with van der Waals surface area (Å²) in [5.74, 6) is 0.212. The Morgan fingerprint density at radius 1 is 1.00 bits per heavy atom. The van der Waals surface area contributed by atoms with Gasteiger partial charge in [-0.05, 0) is 47.0 Å². The summed E-state index contributed by atoms with van der Waals surface area (Å²) in [5.41, 5.74) is 0. The molecule has 2 aromatic carbocycles. The number of allylic oxidation sites excluding steroid dienone is 1. The SMILES string of the molecule is CCCCC[C@H](/C=C/[C@@H](O)[C@@H]1C[C@H]1[C@@H]1C/C=C\CCCC(=O)O1)O[Si](c1ccccc1)(c1ccccc1)C(C)(C)C. The van der Waals surface area contributed by atoms with Crippen LogP contribution < -0.4 is 10.4 Å². The van der Waals surface area contributed by atoms with Gasteiger partial charge in [-0.15, -0.1) is 0 Å². The van der Waals surface area contributed by atoms with E-state index in [0.29, 0.717) is 6.42 Å². The molecule has 0 unspecified atom stereocenters. The van der Waals surface area contributed by atoms with Crippen LogP contribution in [0.2, 0.25) is 5.04 Å². The zero-order chi connectivity index (χ0) is 29.3. The molecule has 2 aliphatic rings. The standard InChI is InChI=1S/C36H50O4Si/c1-5-6-11-18-28(25-26-33(37)31-27-32(31)34-23-16-7-8-17-24-35(38)39-34)40-41(36(2,3)4,29-19-12-9-13-20-29)30-21-14-10-15-22-30/h7,9-10,12-16,19-22,25-26,28,31-34,37H,5-6,8,11,17-18,23-24,27H2,1-4H3/b16-7-,26-25+/t28-,31-,32-,33-,34+/m1/s1. The van der Waals surface area contributed by atoms with Gasteiger partial charge in [0, 0.05) is 18.8 Å². The molecule has 2 aromatic rings. The van der Waals surface area contributed by atoms with Crippen LogP contribution in [-0.2, 0) is 14.0 Å². The number of aliphatic hydroxyl groups is 1. The van der Waals surface area contributed by atoms with Crippen LogP contribution in [0, 0.1) is 11.8 Å². The average molecular weight is 575 g/mol. The number of carbonyl (C=O) groups is 1. The Morgan fingerprint density at radius 3 is 2.27 bits per heavy atom. The molecule has 0 saturated heterocycles. The fourth-order valence-corrected chi connectivity index (χ4v) is 11.1. The Kier molecular flexibility index (Phi) is 11.2. The summed E-state index contributed by atoms with van der Waals surface area (Å²) in [7, 11) is -2.72. The van der Waals surface area contributed by atoms with Gasteiger partial charge in [-0.2, -0.15) is 0 Å². The zero-order valence-corrected chi connectivity index (χ0v) is 26.5. The van der Waals surface area contributed by atoms with E-state index < -0.39 is 14.4 Å². The van der Waals surface area contributed by atoms with Crippen LogP contribution in [0.1, 0.15) is 85.5 Å². The van der Waals surface area contributed by atoms with Crippen molar-refractivity contribution in [1.82, 2.24) is 0 Å². The molecule has 41 heavy (non-hydrogen) atoms. The number of cyclic esters (lactones) is 1. The number of unbranched alkanes of at least 4 members (excludes halogenated alkanes) is 2. The van der Waals surface area contributed by atoms with E-state index in [2.05, 4.69) is 107 Å². The maximum atomic E-state index is 12.3. The maximum absolute atomic E-state index is 12.3. The highest BCUT2D eigenvalue weighted by Crippen LogP contribution is 2.47. The van der Waals surface area contributed by atoms with E-state index in [9.17, 15) is 9.90 Å². The van der Waals surface area contributed by atoms with E-state index in [1.165, 1.54) is 10.4 Å². The first-order valence-corrected chi connectivity index (χ1v) is 17.7. The highest BCUT2D eigenvalue weighted by atomic mass is 28.4. The van der Waals surface area contributed by atoms with Gasteiger partial charge >= 0.3 is 5.97 Å². The first-order chi connectivity index (χ1) is 19.8. The second kappa shape index (κ2) is 14.6. The van der Waals surface area contributed by atoms with Gasteiger partial charge in [-0.1, -0.05) is 132 Å². The zero-order valence-electron chi connectivity index (χ0n) is 25.5. The molecule has 5 atom stereocenters. The number of aliphatic hydroxyl groups excluding tert-OH is 1. The quantitative estimate of drug-likeness (QED) is 0.127. The summed E-state index contributed by atoms with van der Waals surface area (Å²) in [6, 6.07) is 21.5. The molecule has 4 rings (SSSR count). The lowest BCUT2D eigenvalue weighted by Gasteiger charge is -2.45. The van der Waals surface area contributed by atoms with Crippen LogP contribution in [0.3, 0.4) is 0 Å². The first kappa shape index (κ1) is 31.5.